The summed E-state index contributed by atoms with van der Waals surface area (Å²) in [5.41, 5.74) is 4.32. The van der Waals surface area contributed by atoms with E-state index in [2.05, 4.69) is 51.2 Å². The van der Waals surface area contributed by atoms with Gasteiger partial charge in [-0.15, -0.1) is 0 Å². The van der Waals surface area contributed by atoms with Crippen molar-refractivity contribution in [2.24, 2.45) is 0 Å². The van der Waals surface area contributed by atoms with Crippen molar-refractivity contribution in [3.8, 4) is 0 Å². The van der Waals surface area contributed by atoms with Crippen LogP contribution in [0.15, 0.2) is 18.2 Å². The second-order valence-electron chi connectivity index (χ2n) is 5.17. The third kappa shape index (κ3) is 5.75. The van der Waals surface area contributed by atoms with E-state index in [9.17, 15) is 0 Å². The molecule has 1 atom stereocenters. The van der Waals surface area contributed by atoms with Gasteiger partial charge in [0, 0.05) is 19.3 Å². The molecule has 0 bridgehead atoms. The highest BCUT2D eigenvalue weighted by atomic mass is 16.5. The fourth-order valence-electron chi connectivity index (χ4n) is 2.56. The Morgan fingerprint density at radius 3 is 2.42 bits per heavy atom. The van der Waals surface area contributed by atoms with Crippen LogP contribution in [-0.2, 0) is 11.2 Å². The zero-order valence-corrected chi connectivity index (χ0v) is 13.0. The molecule has 108 valence electrons. The lowest BCUT2D eigenvalue weighted by atomic mass is 9.94. The Labute approximate surface area is 118 Å². The van der Waals surface area contributed by atoms with Crippen molar-refractivity contribution in [3.05, 3.63) is 34.9 Å². The summed E-state index contributed by atoms with van der Waals surface area (Å²) in [4.78, 5) is 0. The van der Waals surface area contributed by atoms with Crippen LogP contribution in [0.4, 0.5) is 0 Å². The molecule has 0 amide bonds. The molecule has 1 rings (SSSR count). The summed E-state index contributed by atoms with van der Waals surface area (Å²) in [6, 6.07) is 7.13. The maximum atomic E-state index is 5.43. The molecule has 0 aromatic heterocycles. The lowest BCUT2D eigenvalue weighted by Crippen LogP contribution is -2.31. The van der Waals surface area contributed by atoms with Gasteiger partial charge in [0.25, 0.3) is 0 Å². The summed E-state index contributed by atoms with van der Waals surface area (Å²) in [7, 11) is 0. The van der Waals surface area contributed by atoms with Gasteiger partial charge in [0.15, 0.2) is 0 Å². The molecule has 0 saturated carbocycles. The minimum atomic E-state index is 0.560. The maximum absolute atomic E-state index is 5.43. The quantitative estimate of drug-likeness (QED) is 0.687. The number of hydrogen-bond acceptors (Lipinski definition) is 2. The van der Waals surface area contributed by atoms with E-state index in [0.717, 1.165) is 32.6 Å². The van der Waals surface area contributed by atoms with Crippen molar-refractivity contribution in [2.45, 2.75) is 53.0 Å². The number of likely N-dealkylation sites (N-methyl/N-ethyl adjacent to an activating group) is 1. The van der Waals surface area contributed by atoms with Gasteiger partial charge in [0.05, 0.1) is 0 Å². The number of nitrogens with one attached hydrogen (secondary N) is 1. The Morgan fingerprint density at radius 2 is 1.84 bits per heavy atom. The lowest BCUT2D eigenvalue weighted by molar-refractivity contribution is 0.141. The van der Waals surface area contributed by atoms with Gasteiger partial charge in [0.2, 0.25) is 0 Å². The van der Waals surface area contributed by atoms with Gasteiger partial charge < -0.3 is 10.1 Å². The standard InChI is InChI=1S/C17H29NO/c1-5-18-16(11-8-12-19-6-2)13-17-14(3)9-7-10-15(17)4/h7,9-10,16,18H,5-6,8,11-13H2,1-4H3. The van der Waals surface area contributed by atoms with Gasteiger partial charge in [-0.2, -0.15) is 0 Å². The number of aryl methyl sites for hydroxylation is 2. The molecule has 1 N–H and O–H groups in total. The normalized spacial score (nSPS) is 12.6. The number of rotatable bonds is 9. The van der Waals surface area contributed by atoms with Gasteiger partial charge in [-0.05, 0) is 63.3 Å². The van der Waals surface area contributed by atoms with E-state index >= 15 is 0 Å². The Morgan fingerprint density at radius 1 is 1.16 bits per heavy atom. The highest BCUT2D eigenvalue weighted by molar-refractivity contribution is 5.34. The highest BCUT2D eigenvalue weighted by Gasteiger charge is 2.11. The van der Waals surface area contributed by atoms with Gasteiger partial charge >= 0.3 is 0 Å². The topological polar surface area (TPSA) is 21.3 Å². The molecule has 0 aliphatic rings. The monoisotopic (exact) mass is 263 g/mol. The average molecular weight is 263 g/mol. The van der Waals surface area contributed by atoms with Gasteiger partial charge in [-0.3, -0.25) is 0 Å². The summed E-state index contributed by atoms with van der Waals surface area (Å²) < 4.78 is 5.43. The molecule has 0 spiro atoms. The van der Waals surface area contributed by atoms with Crippen molar-refractivity contribution < 1.29 is 4.74 Å². The predicted molar refractivity (Wildman–Crippen MR) is 82.8 cm³/mol. The first-order valence-corrected chi connectivity index (χ1v) is 7.55. The second-order valence-corrected chi connectivity index (χ2v) is 5.17. The van der Waals surface area contributed by atoms with E-state index in [-0.39, 0.29) is 0 Å². The molecule has 1 aromatic carbocycles. The first-order chi connectivity index (χ1) is 9.19. The first kappa shape index (κ1) is 16.2. The van der Waals surface area contributed by atoms with Crippen LogP contribution in [0.5, 0.6) is 0 Å². The fraction of sp³-hybridized carbons (Fsp3) is 0.647. The number of ether oxygens (including phenoxy) is 1. The molecular weight excluding hydrogens is 234 g/mol. The molecule has 1 aromatic rings. The number of benzene rings is 1. The van der Waals surface area contributed by atoms with Crippen LogP contribution in [0.3, 0.4) is 0 Å². The van der Waals surface area contributed by atoms with Crippen molar-refractivity contribution in [1.29, 1.82) is 0 Å². The van der Waals surface area contributed by atoms with Crippen molar-refractivity contribution in [2.75, 3.05) is 19.8 Å². The van der Waals surface area contributed by atoms with Crippen molar-refractivity contribution >= 4 is 0 Å². The average Bonchev–Trinajstić information content (AvgIpc) is 2.39. The minimum absolute atomic E-state index is 0.560. The highest BCUT2D eigenvalue weighted by Crippen LogP contribution is 2.17. The molecule has 0 aliphatic heterocycles. The zero-order chi connectivity index (χ0) is 14.1. The van der Waals surface area contributed by atoms with Crippen LogP contribution in [-0.4, -0.2) is 25.8 Å². The molecular formula is C17H29NO. The SMILES string of the molecule is CCNC(CCCOCC)Cc1c(C)cccc1C. The number of hydrogen-bond donors (Lipinski definition) is 1. The minimum Gasteiger partial charge on any atom is -0.382 e. The lowest BCUT2D eigenvalue weighted by Gasteiger charge is -2.20. The van der Waals surface area contributed by atoms with Crippen LogP contribution in [0.25, 0.3) is 0 Å². The van der Waals surface area contributed by atoms with Gasteiger partial charge in [-0.25, -0.2) is 0 Å². The van der Waals surface area contributed by atoms with E-state index in [1.165, 1.54) is 23.1 Å². The third-order valence-electron chi connectivity index (χ3n) is 3.63. The zero-order valence-electron chi connectivity index (χ0n) is 13.0. The molecule has 0 heterocycles. The van der Waals surface area contributed by atoms with E-state index in [1.807, 2.05) is 0 Å². The molecule has 1 unspecified atom stereocenters. The third-order valence-corrected chi connectivity index (χ3v) is 3.63. The van der Waals surface area contributed by atoms with Crippen molar-refractivity contribution in [3.63, 3.8) is 0 Å². The van der Waals surface area contributed by atoms with E-state index in [0.29, 0.717) is 6.04 Å². The van der Waals surface area contributed by atoms with Crippen LogP contribution in [0, 0.1) is 13.8 Å². The molecule has 0 saturated heterocycles. The second kappa shape index (κ2) is 9.11. The van der Waals surface area contributed by atoms with Crippen LogP contribution >= 0.6 is 0 Å². The summed E-state index contributed by atoms with van der Waals surface area (Å²) in [5, 5.41) is 3.61. The Bertz CT molecular complexity index is 342. The van der Waals surface area contributed by atoms with Gasteiger partial charge in [0.1, 0.15) is 0 Å². The van der Waals surface area contributed by atoms with Crippen molar-refractivity contribution in [1.82, 2.24) is 5.32 Å². The van der Waals surface area contributed by atoms with Crippen LogP contribution in [0.1, 0.15) is 43.4 Å². The Kier molecular flexibility index (Phi) is 7.76. The fourth-order valence-corrected chi connectivity index (χ4v) is 2.56. The van der Waals surface area contributed by atoms with E-state index in [1.54, 1.807) is 0 Å². The Hall–Kier alpha value is -0.860. The molecule has 2 nitrogen and oxygen atoms in total. The maximum Gasteiger partial charge on any atom is 0.0466 e. The summed E-state index contributed by atoms with van der Waals surface area (Å²) in [6.07, 6.45) is 3.44. The molecule has 2 heteroatoms. The molecule has 0 radical (unpaired) electrons. The summed E-state index contributed by atoms with van der Waals surface area (Å²) in [6.45, 7) is 11.4. The molecule has 19 heavy (non-hydrogen) atoms. The predicted octanol–water partition coefficient (Wildman–Crippen LogP) is 3.64. The van der Waals surface area contributed by atoms with Crippen LogP contribution < -0.4 is 5.32 Å². The van der Waals surface area contributed by atoms with Gasteiger partial charge in [-0.1, -0.05) is 25.1 Å². The first-order valence-electron chi connectivity index (χ1n) is 7.55. The summed E-state index contributed by atoms with van der Waals surface area (Å²) in [5.74, 6) is 0. The molecule has 0 fully saturated rings. The smallest absolute Gasteiger partial charge is 0.0466 e. The van der Waals surface area contributed by atoms with Crippen LogP contribution in [0.2, 0.25) is 0 Å². The summed E-state index contributed by atoms with van der Waals surface area (Å²) >= 11 is 0. The van der Waals surface area contributed by atoms with E-state index in [4.69, 9.17) is 4.74 Å². The largest absolute Gasteiger partial charge is 0.382 e. The Balaban J connectivity index is 2.57. The molecule has 0 aliphatic carbocycles. The van der Waals surface area contributed by atoms with E-state index < -0.39 is 0 Å².